The van der Waals surface area contributed by atoms with Crippen LogP contribution >= 0.6 is 27.5 Å². The van der Waals surface area contributed by atoms with E-state index in [0.717, 1.165) is 22.9 Å². The topological polar surface area (TPSA) is 53.5 Å². The van der Waals surface area contributed by atoms with E-state index in [0.29, 0.717) is 17.0 Å². The minimum atomic E-state index is -0.486. The van der Waals surface area contributed by atoms with Gasteiger partial charge in [0.25, 0.3) is 5.91 Å². The highest BCUT2D eigenvalue weighted by molar-refractivity contribution is 9.10. The van der Waals surface area contributed by atoms with Gasteiger partial charge >= 0.3 is 0 Å². The van der Waals surface area contributed by atoms with Gasteiger partial charge in [-0.15, -0.1) is 0 Å². The number of rotatable bonds is 2. The average Bonchev–Trinajstić information content (AvgIpc) is 3.06. The lowest BCUT2D eigenvalue weighted by molar-refractivity contribution is -0.120. The van der Waals surface area contributed by atoms with Crippen LogP contribution in [0.3, 0.4) is 0 Å². The highest BCUT2D eigenvalue weighted by Gasteiger charge is 2.31. The van der Waals surface area contributed by atoms with Crippen LogP contribution in [0.4, 0.5) is 0 Å². The highest BCUT2D eigenvalue weighted by atomic mass is 79.9. The fourth-order valence-electron chi connectivity index (χ4n) is 1.81. The molecule has 1 heterocycles. The van der Waals surface area contributed by atoms with E-state index in [4.69, 9.17) is 11.6 Å². The second-order valence-electron chi connectivity index (χ2n) is 4.46. The van der Waals surface area contributed by atoms with E-state index in [9.17, 15) is 4.79 Å². The van der Waals surface area contributed by atoms with Crippen molar-refractivity contribution < 1.29 is 4.79 Å². The van der Waals surface area contributed by atoms with E-state index in [1.165, 1.54) is 0 Å². The first kappa shape index (κ1) is 12.0. The maximum atomic E-state index is 11.9. The Morgan fingerprint density at radius 1 is 1.44 bits per heavy atom. The number of carbonyl (C=O) groups is 1. The van der Waals surface area contributed by atoms with Crippen molar-refractivity contribution >= 4 is 39.4 Å². The third kappa shape index (κ3) is 2.37. The zero-order valence-electron chi connectivity index (χ0n) is 9.41. The summed E-state index contributed by atoms with van der Waals surface area (Å²) in [5.41, 5.74) is 0.830. The van der Waals surface area contributed by atoms with Gasteiger partial charge in [-0.3, -0.25) is 10.1 Å². The number of guanidine groups is 1. The van der Waals surface area contributed by atoms with E-state index in [-0.39, 0.29) is 5.91 Å². The molecule has 1 aliphatic heterocycles. The highest BCUT2D eigenvalue weighted by Crippen LogP contribution is 2.29. The Kier molecular flexibility index (Phi) is 3.03. The van der Waals surface area contributed by atoms with Gasteiger partial charge < -0.3 is 5.32 Å². The largest absolute Gasteiger partial charge is 0.353 e. The number of nitrogens with one attached hydrogen (secondary N) is 2. The van der Waals surface area contributed by atoms with Gasteiger partial charge in [0.2, 0.25) is 0 Å². The first-order valence-electron chi connectivity index (χ1n) is 5.73. The van der Waals surface area contributed by atoms with Crippen LogP contribution in [0.25, 0.3) is 0 Å². The van der Waals surface area contributed by atoms with Crippen LogP contribution in [0.5, 0.6) is 0 Å². The van der Waals surface area contributed by atoms with Crippen molar-refractivity contribution in [2.75, 3.05) is 0 Å². The molecule has 0 radical (unpaired) electrons. The van der Waals surface area contributed by atoms with Crippen LogP contribution in [0.2, 0.25) is 5.02 Å². The quantitative estimate of drug-likeness (QED) is 0.876. The lowest BCUT2D eigenvalue weighted by Gasteiger charge is -2.05. The van der Waals surface area contributed by atoms with Gasteiger partial charge in [-0.2, -0.15) is 0 Å². The standard InChI is InChI=1S/C12H11BrClN3O/c13-8-5-6(1-4-9(8)14)10-11(18)17-12(16-10)15-7-2-3-7/h1,4-5,7,10H,2-3H2,(H2,15,16,17,18). The van der Waals surface area contributed by atoms with Gasteiger partial charge in [0.1, 0.15) is 0 Å². The van der Waals surface area contributed by atoms with Crippen molar-refractivity contribution in [1.82, 2.24) is 10.6 Å². The van der Waals surface area contributed by atoms with E-state index in [1.54, 1.807) is 6.07 Å². The maximum Gasteiger partial charge on any atom is 0.256 e. The molecule has 1 unspecified atom stereocenters. The first-order chi connectivity index (χ1) is 8.63. The molecule has 0 aromatic heterocycles. The number of halogens is 2. The Balaban J connectivity index is 1.83. The minimum Gasteiger partial charge on any atom is -0.353 e. The number of carbonyl (C=O) groups excluding carboxylic acids is 1. The molecule has 6 heteroatoms. The van der Waals surface area contributed by atoms with Crippen molar-refractivity contribution in [2.24, 2.45) is 4.99 Å². The normalized spacial score (nSPS) is 22.7. The molecule has 0 saturated heterocycles. The maximum absolute atomic E-state index is 11.9. The molecule has 0 spiro atoms. The smallest absolute Gasteiger partial charge is 0.256 e. The van der Waals surface area contributed by atoms with E-state index in [1.807, 2.05) is 12.1 Å². The first-order valence-corrected chi connectivity index (χ1v) is 6.91. The molecule has 1 atom stereocenters. The molecule has 1 amide bonds. The van der Waals surface area contributed by atoms with Crippen LogP contribution in [0.15, 0.2) is 27.7 Å². The number of aliphatic imine (C=N–C) groups is 1. The number of nitrogens with zero attached hydrogens (tertiary/aromatic N) is 1. The van der Waals surface area contributed by atoms with Gasteiger partial charge in [-0.1, -0.05) is 17.7 Å². The van der Waals surface area contributed by atoms with Crippen LogP contribution in [0, 0.1) is 0 Å². The average molecular weight is 329 g/mol. The summed E-state index contributed by atoms with van der Waals surface area (Å²) >= 11 is 9.28. The van der Waals surface area contributed by atoms with Crippen molar-refractivity contribution in [3.63, 3.8) is 0 Å². The second kappa shape index (κ2) is 4.55. The molecule has 2 N–H and O–H groups in total. The van der Waals surface area contributed by atoms with E-state index >= 15 is 0 Å². The molecule has 1 aromatic carbocycles. The summed E-state index contributed by atoms with van der Waals surface area (Å²) in [5.74, 6) is 0.478. The summed E-state index contributed by atoms with van der Waals surface area (Å²) in [6.07, 6.45) is 2.29. The summed E-state index contributed by atoms with van der Waals surface area (Å²) < 4.78 is 0.772. The Morgan fingerprint density at radius 3 is 2.89 bits per heavy atom. The Hall–Kier alpha value is -1.07. The summed E-state index contributed by atoms with van der Waals surface area (Å²) in [7, 11) is 0. The summed E-state index contributed by atoms with van der Waals surface area (Å²) in [4.78, 5) is 16.2. The fraction of sp³-hybridized carbons (Fsp3) is 0.333. The van der Waals surface area contributed by atoms with E-state index < -0.39 is 6.04 Å². The lowest BCUT2D eigenvalue weighted by Crippen LogP contribution is -2.37. The SMILES string of the molecule is O=C1NC(NC2CC2)=NC1c1ccc(Cl)c(Br)c1. The number of hydrogen-bond acceptors (Lipinski definition) is 3. The number of benzene rings is 1. The number of hydrogen-bond donors (Lipinski definition) is 2. The van der Waals surface area contributed by atoms with Crippen molar-refractivity contribution in [2.45, 2.75) is 24.9 Å². The Morgan fingerprint density at radius 2 is 2.22 bits per heavy atom. The molecule has 0 bridgehead atoms. The molecule has 1 aromatic rings. The lowest BCUT2D eigenvalue weighted by atomic mass is 10.1. The molecule has 1 aliphatic carbocycles. The molecule has 18 heavy (non-hydrogen) atoms. The molecule has 1 fully saturated rings. The molecule has 94 valence electrons. The zero-order valence-corrected chi connectivity index (χ0v) is 11.8. The molecule has 3 rings (SSSR count). The van der Waals surface area contributed by atoms with Crippen molar-refractivity contribution in [3.8, 4) is 0 Å². The summed E-state index contributed by atoms with van der Waals surface area (Å²) in [6, 6.07) is 5.40. The Labute approximate surface area is 118 Å². The van der Waals surface area contributed by atoms with Crippen LogP contribution < -0.4 is 10.6 Å². The molecule has 1 saturated carbocycles. The Bertz CT molecular complexity index is 542. The third-order valence-electron chi connectivity index (χ3n) is 2.93. The van der Waals surface area contributed by atoms with E-state index in [2.05, 4.69) is 31.6 Å². The van der Waals surface area contributed by atoms with Gasteiger partial charge in [0.05, 0.1) is 5.02 Å². The molecular formula is C12H11BrClN3O. The van der Waals surface area contributed by atoms with Crippen molar-refractivity contribution in [1.29, 1.82) is 0 Å². The predicted octanol–water partition coefficient (Wildman–Crippen LogP) is 2.38. The summed E-state index contributed by atoms with van der Waals surface area (Å²) in [6.45, 7) is 0. The summed E-state index contributed by atoms with van der Waals surface area (Å²) in [5, 5.41) is 6.57. The van der Waals surface area contributed by atoms with Crippen LogP contribution in [-0.4, -0.2) is 17.9 Å². The van der Waals surface area contributed by atoms with Gasteiger partial charge in [-0.05, 0) is 46.5 Å². The van der Waals surface area contributed by atoms with Crippen LogP contribution in [-0.2, 0) is 4.79 Å². The fourth-order valence-corrected chi connectivity index (χ4v) is 2.32. The number of amides is 1. The third-order valence-corrected chi connectivity index (χ3v) is 4.14. The van der Waals surface area contributed by atoms with Crippen LogP contribution in [0.1, 0.15) is 24.4 Å². The molecular weight excluding hydrogens is 318 g/mol. The predicted molar refractivity (Wildman–Crippen MR) is 73.6 cm³/mol. The van der Waals surface area contributed by atoms with Crippen molar-refractivity contribution in [3.05, 3.63) is 33.3 Å². The molecule has 2 aliphatic rings. The second-order valence-corrected chi connectivity index (χ2v) is 5.72. The zero-order chi connectivity index (χ0) is 12.7. The van der Waals surface area contributed by atoms with Gasteiger partial charge in [0.15, 0.2) is 12.0 Å². The minimum absolute atomic E-state index is 0.104. The van der Waals surface area contributed by atoms with Gasteiger partial charge in [-0.25, -0.2) is 4.99 Å². The van der Waals surface area contributed by atoms with Gasteiger partial charge in [0, 0.05) is 10.5 Å². The molecule has 4 nitrogen and oxygen atoms in total. The monoisotopic (exact) mass is 327 g/mol.